The van der Waals surface area contributed by atoms with Gasteiger partial charge >= 0.3 is 0 Å². The van der Waals surface area contributed by atoms with Gasteiger partial charge in [-0.1, -0.05) is 30.3 Å². The van der Waals surface area contributed by atoms with Crippen LogP contribution in [0.3, 0.4) is 0 Å². The highest BCUT2D eigenvalue weighted by atomic mass is 16.7. The van der Waals surface area contributed by atoms with Crippen LogP contribution in [0.4, 0.5) is 11.5 Å². The van der Waals surface area contributed by atoms with Crippen molar-refractivity contribution < 1.29 is 14.3 Å². The van der Waals surface area contributed by atoms with Gasteiger partial charge in [0, 0.05) is 31.0 Å². The Morgan fingerprint density at radius 1 is 1.07 bits per heavy atom. The summed E-state index contributed by atoms with van der Waals surface area (Å²) in [4.78, 5) is 19.2. The topological polar surface area (TPSA) is 63.7 Å². The third kappa shape index (κ3) is 3.91. The van der Waals surface area contributed by atoms with Crippen LogP contribution in [0.2, 0.25) is 0 Å². The molecule has 1 N–H and O–H groups in total. The smallest absolute Gasteiger partial charge is 0.257 e. The quantitative estimate of drug-likeness (QED) is 0.703. The predicted molar refractivity (Wildman–Crippen MR) is 108 cm³/mol. The van der Waals surface area contributed by atoms with Gasteiger partial charge in [0.25, 0.3) is 5.91 Å². The van der Waals surface area contributed by atoms with Gasteiger partial charge < -0.3 is 19.7 Å². The van der Waals surface area contributed by atoms with Crippen LogP contribution < -0.4 is 19.7 Å². The number of nitrogens with one attached hydrogen (secondary N) is 1. The van der Waals surface area contributed by atoms with Crippen LogP contribution in [0.15, 0.2) is 66.9 Å². The highest BCUT2D eigenvalue weighted by Gasteiger charge is 2.15. The van der Waals surface area contributed by atoms with Crippen molar-refractivity contribution in [3.63, 3.8) is 0 Å². The Morgan fingerprint density at radius 3 is 2.64 bits per heavy atom. The molecule has 0 radical (unpaired) electrons. The number of amides is 1. The average molecular weight is 375 g/mol. The number of hydrogen-bond donors (Lipinski definition) is 1. The Balaban J connectivity index is 1.44. The van der Waals surface area contributed by atoms with Crippen molar-refractivity contribution in [3.8, 4) is 11.5 Å². The maximum Gasteiger partial charge on any atom is 0.257 e. The fourth-order valence-corrected chi connectivity index (χ4v) is 3.04. The fourth-order valence-electron chi connectivity index (χ4n) is 3.04. The van der Waals surface area contributed by atoms with E-state index in [1.165, 1.54) is 5.56 Å². The lowest BCUT2D eigenvalue weighted by atomic mass is 10.2. The van der Waals surface area contributed by atoms with E-state index >= 15 is 0 Å². The number of benzene rings is 2. The number of nitrogens with zero attached hydrogens (tertiary/aromatic N) is 2. The van der Waals surface area contributed by atoms with Crippen LogP contribution >= 0.6 is 0 Å². The molecule has 0 atom stereocenters. The van der Waals surface area contributed by atoms with Gasteiger partial charge in [-0.2, -0.15) is 0 Å². The van der Waals surface area contributed by atoms with Gasteiger partial charge in [0.1, 0.15) is 5.82 Å². The molecular formula is C22H21N3O3. The molecule has 28 heavy (non-hydrogen) atoms. The average Bonchev–Trinajstić information content (AvgIpc) is 3.21. The normalized spacial score (nSPS) is 11.9. The van der Waals surface area contributed by atoms with Gasteiger partial charge in [0.15, 0.2) is 11.5 Å². The van der Waals surface area contributed by atoms with Gasteiger partial charge in [0.05, 0.1) is 5.56 Å². The van der Waals surface area contributed by atoms with E-state index in [1.54, 1.807) is 30.5 Å². The molecule has 0 aliphatic carbocycles. The number of hydrogen-bond acceptors (Lipinski definition) is 5. The van der Waals surface area contributed by atoms with Crippen LogP contribution in [-0.2, 0) is 6.54 Å². The monoisotopic (exact) mass is 375 g/mol. The van der Waals surface area contributed by atoms with Crippen molar-refractivity contribution in [2.24, 2.45) is 0 Å². The number of pyridine rings is 1. The zero-order chi connectivity index (χ0) is 19.3. The first kappa shape index (κ1) is 17.9. The molecule has 0 spiro atoms. The second kappa shape index (κ2) is 8.00. The minimum absolute atomic E-state index is 0.203. The SMILES string of the molecule is CCN(Cc1ccccc1)c1ccc(C(=O)Nc2ccc3c(c2)OCO3)cn1. The zero-order valence-corrected chi connectivity index (χ0v) is 15.6. The summed E-state index contributed by atoms with van der Waals surface area (Å²) in [6, 6.07) is 19.2. The molecule has 2 heterocycles. The third-order valence-electron chi connectivity index (χ3n) is 4.56. The second-order valence-electron chi connectivity index (χ2n) is 6.43. The van der Waals surface area contributed by atoms with Crippen molar-refractivity contribution in [2.75, 3.05) is 23.6 Å². The van der Waals surface area contributed by atoms with Crippen LogP contribution in [0.1, 0.15) is 22.8 Å². The lowest BCUT2D eigenvalue weighted by Crippen LogP contribution is -2.23. The van der Waals surface area contributed by atoms with E-state index in [2.05, 4.69) is 34.3 Å². The molecule has 1 aromatic heterocycles. The van der Waals surface area contributed by atoms with Crippen LogP contribution in [-0.4, -0.2) is 24.2 Å². The maximum atomic E-state index is 12.5. The number of aromatic nitrogens is 1. The minimum atomic E-state index is -0.218. The van der Waals surface area contributed by atoms with Crippen molar-refractivity contribution in [2.45, 2.75) is 13.5 Å². The molecule has 1 aliphatic heterocycles. The number of carbonyl (C=O) groups is 1. The van der Waals surface area contributed by atoms with E-state index in [0.717, 1.165) is 18.9 Å². The summed E-state index contributed by atoms with van der Waals surface area (Å²) in [5.74, 6) is 1.93. The van der Waals surface area contributed by atoms with Gasteiger partial charge in [-0.25, -0.2) is 4.98 Å². The standard InChI is InChI=1S/C22H21N3O3/c1-2-25(14-16-6-4-3-5-7-16)21-11-8-17(13-23-21)22(26)24-18-9-10-19-20(12-18)28-15-27-19/h3-13H,2,14-15H2,1H3,(H,24,26). The van der Waals surface area contributed by atoms with Crippen molar-refractivity contribution in [1.29, 1.82) is 0 Å². The van der Waals surface area contributed by atoms with Gasteiger partial charge in [0.2, 0.25) is 6.79 Å². The maximum absolute atomic E-state index is 12.5. The number of carbonyl (C=O) groups excluding carboxylic acids is 1. The van der Waals surface area contributed by atoms with Gasteiger partial charge in [-0.3, -0.25) is 4.79 Å². The zero-order valence-electron chi connectivity index (χ0n) is 15.6. The van der Waals surface area contributed by atoms with E-state index in [9.17, 15) is 4.79 Å². The summed E-state index contributed by atoms with van der Waals surface area (Å²) in [6.45, 7) is 3.89. The summed E-state index contributed by atoms with van der Waals surface area (Å²) < 4.78 is 10.6. The molecule has 2 aromatic carbocycles. The first-order valence-corrected chi connectivity index (χ1v) is 9.19. The van der Waals surface area contributed by atoms with E-state index in [1.807, 2.05) is 24.3 Å². The lowest BCUT2D eigenvalue weighted by molar-refractivity contribution is 0.102. The second-order valence-corrected chi connectivity index (χ2v) is 6.43. The Morgan fingerprint density at radius 2 is 1.89 bits per heavy atom. The first-order valence-electron chi connectivity index (χ1n) is 9.19. The Hall–Kier alpha value is -3.54. The molecule has 6 nitrogen and oxygen atoms in total. The Kier molecular flexibility index (Phi) is 5.10. The number of fused-ring (bicyclic) bond motifs is 1. The molecule has 0 fully saturated rings. The molecule has 0 bridgehead atoms. The summed E-state index contributed by atoms with van der Waals surface area (Å²) in [5, 5.41) is 2.86. The molecule has 0 unspecified atom stereocenters. The summed E-state index contributed by atoms with van der Waals surface area (Å²) in [5.41, 5.74) is 2.37. The summed E-state index contributed by atoms with van der Waals surface area (Å²) in [7, 11) is 0. The molecule has 0 saturated carbocycles. The predicted octanol–water partition coefficient (Wildman–Crippen LogP) is 4.09. The number of rotatable bonds is 6. The van der Waals surface area contributed by atoms with Crippen molar-refractivity contribution >= 4 is 17.4 Å². The first-order chi connectivity index (χ1) is 13.7. The largest absolute Gasteiger partial charge is 0.454 e. The highest BCUT2D eigenvalue weighted by Crippen LogP contribution is 2.34. The Labute approximate surface area is 163 Å². The minimum Gasteiger partial charge on any atom is -0.454 e. The van der Waals surface area contributed by atoms with Crippen molar-refractivity contribution in [1.82, 2.24) is 4.98 Å². The molecule has 142 valence electrons. The molecule has 3 aromatic rings. The van der Waals surface area contributed by atoms with E-state index in [4.69, 9.17) is 9.47 Å². The number of anilines is 2. The summed E-state index contributed by atoms with van der Waals surface area (Å²) in [6.07, 6.45) is 1.60. The molecular weight excluding hydrogens is 354 g/mol. The molecule has 0 saturated heterocycles. The molecule has 1 aliphatic rings. The van der Waals surface area contributed by atoms with Gasteiger partial charge in [-0.05, 0) is 36.8 Å². The van der Waals surface area contributed by atoms with Crippen LogP contribution in [0.25, 0.3) is 0 Å². The van der Waals surface area contributed by atoms with Crippen molar-refractivity contribution in [3.05, 3.63) is 78.0 Å². The van der Waals surface area contributed by atoms with Crippen LogP contribution in [0.5, 0.6) is 11.5 Å². The molecule has 4 rings (SSSR count). The van der Waals surface area contributed by atoms with E-state index in [0.29, 0.717) is 22.7 Å². The lowest BCUT2D eigenvalue weighted by Gasteiger charge is -2.22. The third-order valence-corrected chi connectivity index (χ3v) is 4.56. The number of ether oxygens (including phenoxy) is 2. The fraction of sp³-hybridized carbons (Fsp3) is 0.182. The highest BCUT2D eigenvalue weighted by molar-refractivity contribution is 6.04. The van der Waals surface area contributed by atoms with Gasteiger partial charge in [-0.15, -0.1) is 0 Å². The molecule has 6 heteroatoms. The molecule has 1 amide bonds. The Bertz CT molecular complexity index is 959. The van der Waals surface area contributed by atoms with E-state index in [-0.39, 0.29) is 12.7 Å². The van der Waals surface area contributed by atoms with Crippen LogP contribution in [0, 0.1) is 0 Å². The van der Waals surface area contributed by atoms with E-state index < -0.39 is 0 Å². The summed E-state index contributed by atoms with van der Waals surface area (Å²) >= 11 is 0.